The van der Waals surface area contributed by atoms with Gasteiger partial charge in [-0.1, -0.05) is 37.3 Å². The molecular formula is C24H31N3O2. The lowest BCUT2D eigenvalue weighted by Gasteiger charge is -2.34. The number of nitrogens with zero attached hydrogens (tertiary/aromatic N) is 1. The Balaban J connectivity index is 1.55. The summed E-state index contributed by atoms with van der Waals surface area (Å²) < 4.78 is 5.70. The van der Waals surface area contributed by atoms with Gasteiger partial charge in [0.25, 0.3) is 0 Å². The van der Waals surface area contributed by atoms with Gasteiger partial charge in [0, 0.05) is 42.8 Å². The third-order valence-electron chi connectivity index (χ3n) is 6.29. The first kappa shape index (κ1) is 19.9. The number of anilines is 1. The van der Waals surface area contributed by atoms with Gasteiger partial charge in [0.2, 0.25) is 5.91 Å². The Kier molecular flexibility index (Phi) is 5.88. The van der Waals surface area contributed by atoms with E-state index in [1.165, 1.54) is 11.1 Å². The molecule has 0 spiro atoms. The van der Waals surface area contributed by atoms with Crippen LogP contribution in [0.2, 0.25) is 0 Å². The monoisotopic (exact) mass is 393 g/mol. The molecule has 0 aliphatic carbocycles. The van der Waals surface area contributed by atoms with E-state index < -0.39 is 0 Å². The van der Waals surface area contributed by atoms with E-state index in [0.717, 1.165) is 42.8 Å². The average molecular weight is 394 g/mol. The topological polar surface area (TPSA) is 53.6 Å². The van der Waals surface area contributed by atoms with E-state index in [4.69, 9.17) is 4.74 Å². The molecule has 29 heavy (non-hydrogen) atoms. The normalized spacial score (nSPS) is 24.3. The van der Waals surface area contributed by atoms with E-state index in [9.17, 15) is 4.79 Å². The molecule has 1 fully saturated rings. The molecule has 2 N–H and O–H groups in total. The molecule has 4 rings (SSSR count). The van der Waals surface area contributed by atoms with Crippen molar-refractivity contribution in [3.8, 4) is 5.75 Å². The van der Waals surface area contributed by atoms with Crippen LogP contribution in [0, 0.1) is 5.92 Å². The van der Waals surface area contributed by atoms with Crippen LogP contribution in [0.3, 0.4) is 0 Å². The summed E-state index contributed by atoms with van der Waals surface area (Å²) in [5, 5.41) is 7.43. The first-order valence-corrected chi connectivity index (χ1v) is 10.6. The van der Waals surface area contributed by atoms with Crippen LogP contribution >= 0.6 is 0 Å². The molecule has 0 aromatic heterocycles. The summed E-state index contributed by atoms with van der Waals surface area (Å²) in [7, 11) is 3.60. The lowest BCUT2D eigenvalue weighted by atomic mass is 9.91. The van der Waals surface area contributed by atoms with Crippen molar-refractivity contribution in [2.24, 2.45) is 5.92 Å². The van der Waals surface area contributed by atoms with Crippen molar-refractivity contribution in [3.63, 3.8) is 0 Å². The van der Waals surface area contributed by atoms with Crippen LogP contribution in [0.15, 0.2) is 42.5 Å². The number of hydrogen-bond acceptors (Lipinski definition) is 4. The number of hydrogen-bond donors (Lipinski definition) is 2. The Bertz CT molecular complexity index is 868. The summed E-state index contributed by atoms with van der Waals surface area (Å²) in [5.41, 5.74) is 4.60. The van der Waals surface area contributed by atoms with Crippen LogP contribution in [0.1, 0.15) is 42.5 Å². The molecule has 5 heteroatoms. The number of amides is 1. The molecule has 0 radical (unpaired) electrons. The number of nitrogens with one attached hydrogen (secondary N) is 2. The van der Waals surface area contributed by atoms with E-state index in [1.54, 1.807) is 12.0 Å². The van der Waals surface area contributed by atoms with Crippen molar-refractivity contribution in [2.45, 2.75) is 44.8 Å². The molecule has 5 nitrogen and oxygen atoms in total. The minimum absolute atomic E-state index is 0.0149. The summed E-state index contributed by atoms with van der Waals surface area (Å²) in [6.07, 6.45) is 3.07. The predicted molar refractivity (Wildman–Crippen MR) is 116 cm³/mol. The molecule has 1 amide bonds. The number of fused-ring (bicyclic) bond motifs is 1. The molecular weight excluding hydrogens is 362 g/mol. The van der Waals surface area contributed by atoms with Crippen molar-refractivity contribution in [1.82, 2.24) is 10.6 Å². The van der Waals surface area contributed by atoms with Crippen molar-refractivity contribution in [2.75, 3.05) is 25.6 Å². The lowest BCUT2D eigenvalue weighted by Crippen LogP contribution is -2.45. The SMILES string of the molecule is COc1cc2c(cc1CN[C@H]1CCCN[C@H]1c1ccccc1)N(C)C(=O)[C@@H](C)C2. The van der Waals surface area contributed by atoms with Crippen LogP contribution in [0.4, 0.5) is 5.69 Å². The molecule has 2 aliphatic rings. The van der Waals surface area contributed by atoms with E-state index in [2.05, 4.69) is 53.1 Å². The Hall–Kier alpha value is -2.37. The fourth-order valence-corrected chi connectivity index (χ4v) is 4.68. The molecule has 2 aliphatic heterocycles. The lowest BCUT2D eigenvalue weighted by molar-refractivity contribution is -0.121. The highest BCUT2D eigenvalue weighted by molar-refractivity contribution is 5.97. The van der Waals surface area contributed by atoms with Crippen LogP contribution < -0.4 is 20.3 Å². The molecule has 0 saturated carbocycles. The summed E-state index contributed by atoms with van der Waals surface area (Å²) in [6, 6.07) is 15.5. The minimum Gasteiger partial charge on any atom is -0.496 e. The second kappa shape index (κ2) is 8.56. The quantitative estimate of drug-likeness (QED) is 0.817. The van der Waals surface area contributed by atoms with Crippen molar-refractivity contribution in [1.29, 1.82) is 0 Å². The first-order valence-electron chi connectivity index (χ1n) is 10.6. The third kappa shape index (κ3) is 4.02. The maximum Gasteiger partial charge on any atom is 0.229 e. The molecule has 2 aromatic carbocycles. The molecule has 3 atom stereocenters. The first-order chi connectivity index (χ1) is 14.1. The van der Waals surface area contributed by atoms with E-state index >= 15 is 0 Å². The largest absolute Gasteiger partial charge is 0.496 e. The van der Waals surface area contributed by atoms with Gasteiger partial charge >= 0.3 is 0 Å². The maximum atomic E-state index is 12.4. The van der Waals surface area contributed by atoms with Gasteiger partial charge in [-0.3, -0.25) is 4.79 Å². The fraction of sp³-hybridized carbons (Fsp3) is 0.458. The van der Waals surface area contributed by atoms with Gasteiger partial charge in [-0.2, -0.15) is 0 Å². The van der Waals surface area contributed by atoms with Gasteiger partial charge in [-0.25, -0.2) is 0 Å². The van der Waals surface area contributed by atoms with Crippen molar-refractivity contribution in [3.05, 3.63) is 59.2 Å². The highest BCUT2D eigenvalue weighted by atomic mass is 16.5. The summed E-state index contributed by atoms with van der Waals surface area (Å²) in [6.45, 7) is 3.75. The number of carbonyl (C=O) groups is 1. The second-order valence-electron chi connectivity index (χ2n) is 8.27. The van der Waals surface area contributed by atoms with Gasteiger partial charge in [-0.15, -0.1) is 0 Å². The van der Waals surface area contributed by atoms with Gasteiger partial charge in [0.1, 0.15) is 5.75 Å². The number of rotatable bonds is 5. The Morgan fingerprint density at radius 3 is 2.79 bits per heavy atom. The number of methoxy groups -OCH3 is 1. The van der Waals surface area contributed by atoms with Crippen molar-refractivity contribution < 1.29 is 9.53 Å². The van der Waals surface area contributed by atoms with Gasteiger partial charge < -0.3 is 20.3 Å². The highest BCUT2D eigenvalue weighted by Crippen LogP contribution is 2.35. The van der Waals surface area contributed by atoms with E-state index in [1.807, 2.05) is 14.0 Å². The number of ether oxygens (including phenoxy) is 1. The molecule has 0 bridgehead atoms. The van der Waals surface area contributed by atoms with Crippen LogP contribution in [-0.2, 0) is 17.8 Å². The Morgan fingerprint density at radius 1 is 1.24 bits per heavy atom. The zero-order chi connectivity index (χ0) is 20.4. The predicted octanol–water partition coefficient (Wildman–Crippen LogP) is 3.43. The molecule has 154 valence electrons. The Labute approximate surface area is 173 Å². The zero-order valence-electron chi connectivity index (χ0n) is 17.6. The van der Waals surface area contributed by atoms with Crippen molar-refractivity contribution >= 4 is 11.6 Å². The van der Waals surface area contributed by atoms with Gasteiger partial charge in [0.15, 0.2) is 0 Å². The van der Waals surface area contributed by atoms with E-state index in [-0.39, 0.29) is 11.8 Å². The Morgan fingerprint density at radius 2 is 2.03 bits per heavy atom. The minimum atomic E-state index is 0.0149. The molecule has 1 saturated heterocycles. The molecule has 2 aromatic rings. The fourth-order valence-electron chi connectivity index (χ4n) is 4.68. The van der Waals surface area contributed by atoms with Crippen LogP contribution in [-0.4, -0.2) is 32.7 Å². The summed E-state index contributed by atoms with van der Waals surface area (Å²) in [4.78, 5) is 14.2. The zero-order valence-corrected chi connectivity index (χ0v) is 17.6. The smallest absolute Gasteiger partial charge is 0.229 e. The summed E-state index contributed by atoms with van der Waals surface area (Å²) >= 11 is 0. The number of piperidine rings is 1. The van der Waals surface area contributed by atoms with Crippen LogP contribution in [0.25, 0.3) is 0 Å². The van der Waals surface area contributed by atoms with E-state index in [0.29, 0.717) is 18.6 Å². The maximum absolute atomic E-state index is 12.4. The average Bonchev–Trinajstić information content (AvgIpc) is 2.76. The third-order valence-corrected chi connectivity index (χ3v) is 6.29. The standard InChI is InChI=1S/C24H31N3O2/c1-16-12-18-14-22(29-3)19(13-21(18)27(2)24(16)28)15-26-20-10-7-11-25-23(20)17-8-5-4-6-9-17/h4-6,8-9,13-14,16,20,23,25-26H,7,10-12,15H2,1-3H3/t16-,20-,23-/m0/s1. The highest BCUT2D eigenvalue weighted by Gasteiger charge is 2.29. The van der Waals surface area contributed by atoms with Crippen LogP contribution in [0.5, 0.6) is 5.75 Å². The van der Waals surface area contributed by atoms with Gasteiger partial charge in [0.05, 0.1) is 7.11 Å². The number of benzene rings is 2. The number of carbonyl (C=O) groups excluding carboxylic acids is 1. The molecule has 2 heterocycles. The second-order valence-corrected chi connectivity index (χ2v) is 8.27. The summed E-state index contributed by atoms with van der Waals surface area (Å²) in [5.74, 6) is 1.09. The molecule has 0 unspecified atom stereocenters. The van der Waals surface area contributed by atoms with Gasteiger partial charge in [-0.05, 0) is 49.1 Å².